The molecule has 0 radical (unpaired) electrons. The number of hydrogen-bond acceptors (Lipinski definition) is 3. The first-order chi connectivity index (χ1) is 11.1. The number of benzene rings is 2. The molecule has 0 aliphatic heterocycles. The van der Waals surface area contributed by atoms with E-state index >= 15 is 0 Å². The summed E-state index contributed by atoms with van der Waals surface area (Å²) in [4.78, 5) is 11.7. The van der Waals surface area contributed by atoms with Gasteiger partial charge in [0.2, 0.25) is 5.91 Å². The normalized spacial score (nSPS) is 10.3. The highest BCUT2D eigenvalue weighted by Gasteiger charge is 2.03. The van der Waals surface area contributed by atoms with E-state index < -0.39 is 0 Å². The van der Waals surface area contributed by atoms with E-state index in [9.17, 15) is 9.18 Å². The fourth-order valence-corrected chi connectivity index (χ4v) is 2.72. The number of anilines is 1. The van der Waals surface area contributed by atoms with Crippen LogP contribution in [0.1, 0.15) is 12.0 Å². The van der Waals surface area contributed by atoms with Crippen LogP contribution in [-0.2, 0) is 4.79 Å². The summed E-state index contributed by atoms with van der Waals surface area (Å²) >= 11 is 1.66. The number of carbonyl (C=O) groups is 1. The molecule has 0 saturated heterocycles. The second kappa shape index (κ2) is 9.20. The molecule has 0 aliphatic carbocycles. The minimum atomic E-state index is -0.356. The molecule has 0 aliphatic rings. The molecule has 1 amide bonds. The van der Waals surface area contributed by atoms with Crippen molar-refractivity contribution in [2.24, 2.45) is 0 Å². The Balaban J connectivity index is 1.57. The van der Waals surface area contributed by atoms with E-state index in [1.807, 2.05) is 31.2 Å². The van der Waals surface area contributed by atoms with Crippen molar-refractivity contribution in [3.63, 3.8) is 0 Å². The number of rotatable bonds is 8. The number of nitrogens with one attached hydrogen (secondary N) is 1. The SMILES string of the molecule is Cc1cccc(OCCSCCC(=O)Nc2cccc(F)c2)c1. The topological polar surface area (TPSA) is 38.3 Å². The van der Waals surface area contributed by atoms with Crippen LogP contribution in [0.3, 0.4) is 0 Å². The minimum absolute atomic E-state index is 0.109. The molecule has 5 heteroatoms. The second-order valence-corrected chi connectivity index (χ2v) is 6.31. The van der Waals surface area contributed by atoms with Crippen molar-refractivity contribution in [2.45, 2.75) is 13.3 Å². The van der Waals surface area contributed by atoms with E-state index in [4.69, 9.17) is 4.74 Å². The third-order valence-corrected chi connectivity index (χ3v) is 4.02. The summed E-state index contributed by atoms with van der Waals surface area (Å²) in [5.74, 6) is 1.93. The molecule has 0 aromatic heterocycles. The van der Waals surface area contributed by atoms with E-state index in [0.717, 1.165) is 11.5 Å². The third kappa shape index (κ3) is 6.74. The average molecular weight is 333 g/mol. The summed E-state index contributed by atoms with van der Waals surface area (Å²) in [5.41, 5.74) is 1.66. The number of amides is 1. The summed E-state index contributed by atoms with van der Waals surface area (Å²) < 4.78 is 18.6. The van der Waals surface area contributed by atoms with Gasteiger partial charge < -0.3 is 10.1 Å². The van der Waals surface area contributed by atoms with Gasteiger partial charge in [0.05, 0.1) is 6.61 Å². The zero-order valence-corrected chi connectivity index (χ0v) is 13.9. The fourth-order valence-electron chi connectivity index (χ4n) is 1.98. The van der Waals surface area contributed by atoms with Crippen LogP contribution >= 0.6 is 11.8 Å². The fraction of sp³-hybridized carbons (Fsp3) is 0.278. The first-order valence-corrected chi connectivity index (χ1v) is 8.61. The highest BCUT2D eigenvalue weighted by Crippen LogP contribution is 2.13. The van der Waals surface area contributed by atoms with Gasteiger partial charge in [0, 0.05) is 23.6 Å². The van der Waals surface area contributed by atoms with Gasteiger partial charge in [0.25, 0.3) is 0 Å². The van der Waals surface area contributed by atoms with Crippen LogP contribution in [0.4, 0.5) is 10.1 Å². The Labute approximate surface area is 140 Å². The lowest BCUT2D eigenvalue weighted by atomic mass is 10.2. The van der Waals surface area contributed by atoms with Gasteiger partial charge >= 0.3 is 0 Å². The number of carbonyl (C=O) groups excluding carboxylic acids is 1. The van der Waals surface area contributed by atoms with Crippen molar-refractivity contribution >= 4 is 23.4 Å². The first-order valence-electron chi connectivity index (χ1n) is 7.46. The molecule has 0 fully saturated rings. The summed E-state index contributed by atoms with van der Waals surface area (Å²) in [7, 11) is 0. The maximum absolute atomic E-state index is 13.0. The molecule has 2 aromatic rings. The minimum Gasteiger partial charge on any atom is -0.493 e. The van der Waals surface area contributed by atoms with E-state index in [1.165, 1.54) is 17.7 Å². The molecule has 2 aromatic carbocycles. The summed E-state index contributed by atoms with van der Waals surface area (Å²) in [5, 5.41) is 2.68. The van der Waals surface area contributed by atoms with Gasteiger partial charge in [-0.25, -0.2) is 4.39 Å². The molecule has 122 valence electrons. The molecule has 2 rings (SSSR count). The monoisotopic (exact) mass is 333 g/mol. The molecule has 0 unspecified atom stereocenters. The van der Waals surface area contributed by atoms with Crippen molar-refractivity contribution in [3.05, 3.63) is 59.9 Å². The number of aryl methyl sites for hydroxylation is 1. The summed E-state index contributed by atoms with van der Waals surface area (Å²) in [6, 6.07) is 13.8. The van der Waals surface area contributed by atoms with Gasteiger partial charge in [0.1, 0.15) is 11.6 Å². The average Bonchev–Trinajstić information content (AvgIpc) is 2.51. The quantitative estimate of drug-likeness (QED) is 0.733. The molecule has 0 heterocycles. The van der Waals surface area contributed by atoms with Crippen molar-refractivity contribution < 1.29 is 13.9 Å². The highest BCUT2D eigenvalue weighted by molar-refractivity contribution is 7.99. The predicted octanol–water partition coefficient (Wildman–Crippen LogP) is 4.27. The molecule has 0 bridgehead atoms. The van der Waals surface area contributed by atoms with Crippen molar-refractivity contribution in [3.8, 4) is 5.75 Å². The molecular weight excluding hydrogens is 313 g/mol. The number of thioether (sulfide) groups is 1. The zero-order chi connectivity index (χ0) is 16.5. The van der Waals surface area contributed by atoms with Crippen LogP contribution in [0, 0.1) is 12.7 Å². The number of halogens is 1. The largest absolute Gasteiger partial charge is 0.493 e. The van der Waals surface area contributed by atoms with Crippen LogP contribution in [0.2, 0.25) is 0 Å². The summed E-state index contributed by atoms with van der Waals surface area (Å²) in [6.45, 7) is 2.64. The highest BCUT2D eigenvalue weighted by atomic mass is 32.2. The Morgan fingerprint density at radius 1 is 1.17 bits per heavy atom. The third-order valence-electron chi connectivity index (χ3n) is 3.07. The van der Waals surface area contributed by atoms with E-state index in [1.54, 1.807) is 23.9 Å². The maximum atomic E-state index is 13.0. The van der Waals surface area contributed by atoms with E-state index in [0.29, 0.717) is 24.5 Å². The molecule has 0 saturated carbocycles. The van der Waals surface area contributed by atoms with Crippen LogP contribution in [0.15, 0.2) is 48.5 Å². The smallest absolute Gasteiger partial charge is 0.225 e. The standard InChI is InChI=1S/C18H20FNO2S/c1-14-4-2-7-17(12-14)22-9-11-23-10-8-18(21)20-16-6-3-5-15(19)13-16/h2-7,12-13H,8-11H2,1H3,(H,20,21). The van der Waals surface area contributed by atoms with E-state index in [2.05, 4.69) is 5.32 Å². The Bertz CT molecular complexity index is 648. The molecule has 3 nitrogen and oxygen atoms in total. The van der Waals surface area contributed by atoms with Crippen molar-refractivity contribution in [1.82, 2.24) is 0 Å². The van der Waals surface area contributed by atoms with Gasteiger partial charge in [0.15, 0.2) is 0 Å². The van der Waals surface area contributed by atoms with Crippen LogP contribution < -0.4 is 10.1 Å². The Morgan fingerprint density at radius 3 is 2.78 bits per heavy atom. The van der Waals surface area contributed by atoms with Crippen LogP contribution in [-0.4, -0.2) is 24.0 Å². The van der Waals surface area contributed by atoms with E-state index in [-0.39, 0.29) is 11.7 Å². The Kier molecular flexibility index (Phi) is 6.94. The van der Waals surface area contributed by atoms with Gasteiger partial charge in [-0.05, 0) is 42.8 Å². The lowest BCUT2D eigenvalue weighted by Crippen LogP contribution is -2.12. The Morgan fingerprint density at radius 2 is 2.00 bits per heavy atom. The Hall–Kier alpha value is -2.01. The molecule has 0 atom stereocenters. The molecule has 23 heavy (non-hydrogen) atoms. The lowest BCUT2D eigenvalue weighted by Gasteiger charge is -2.07. The van der Waals surface area contributed by atoms with Gasteiger partial charge in [-0.2, -0.15) is 11.8 Å². The molecule has 0 spiro atoms. The molecular formula is C18H20FNO2S. The molecule has 1 N–H and O–H groups in total. The van der Waals surface area contributed by atoms with Crippen molar-refractivity contribution in [1.29, 1.82) is 0 Å². The predicted molar refractivity (Wildman–Crippen MR) is 93.6 cm³/mol. The number of ether oxygens (including phenoxy) is 1. The van der Waals surface area contributed by atoms with Crippen LogP contribution in [0.5, 0.6) is 5.75 Å². The lowest BCUT2D eigenvalue weighted by molar-refractivity contribution is -0.115. The van der Waals surface area contributed by atoms with Crippen LogP contribution in [0.25, 0.3) is 0 Å². The zero-order valence-electron chi connectivity index (χ0n) is 13.0. The summed E-state index contributed by atoms with van der Waals surface area (Å²) in [6.07, 6.45) is 0.394. The number of hydrogen-bond donors (Lipinski definition) is 1. The van der Waals surface area contributed by atoms with Gasteiger partial charge in [-0.3, -0.25) is 4.79 Å². The first kappa shape index (κ1) is 17.3. The van der Waals surface area contributed by atoms with Crippen molar-refractivity contribution in [2.75, 3.05) is 23.4 Å². The second-order valence-electron chi connectivity index (χ2n) is 5.09. The van der Waals surface area contributed by atoms with Gasteiger partial charge in [-0.1, -0.05) is 18.2 Å². The maximum Gasteiger partial charge on any atom is 0.225 e. The van der Waals surface area contributed by atoms with Gasteiger partial charge in [-0.15, -0.1) is 0 Å².